The number of nitrogens with two attached hydrogens (primary N) is 1. The molecule has 7 heteroatoms. The quantitative estimate of drug-likeness (QED) is 0.379. The molecule has 2 heterocycles. The van der Waals surface area contributed by atoms with Crippen LogP contribution in [0.5, 0.6) is 5.75 Å². The van der Waals surface area contributed by atoms with Gasteiger partial charge in [0.15, 0.2) is 0 Å². The van der Waals surface area contributed by atoms with Gasteiger partial charge in [-0.25, -0.2) is 4.98 Å². The van der Waals surface area contributed by atoms with Gasteiger partial charge < -0.3 is 10.5 Å². The first kappa shape index (κ1) is 17.0. The molecule has 4 nitrogen and oxygen atoms in total. The lowest BCUT2D eigenvalue weighted by molar-refractivity contribution is 0.414. The van der Waals surface area contributed by atoms with Gasteiger partial charge in [0, 0.05) is 17.4 Å². The smallest absolute Gasteiger partial charge is 0.133 e. The Morgan fingerprint density at radius 3 is 2.92 bits per heavy atom. The van der Waals surface area contributed by atoms with Crippen molar-refractivity contribution in [1.29, 1.82) is 5.41 Å². The molecule has 1 aromatic carbocycles. The van der Waals surface area contributed by atoms with Crippen molar-refractivity contribution in [1.82, 2.24) is 4.98 Å². The van der Waals surface area contributed by atoms with Crippen LogP contribution < -0.4 is 10.5 Å². The highest BCUT2D eigenvalue weighted by atomic mass is 32.2. The van der Waals surface area contributed by atoms with Crippen molar-refractivity contribution in [2.75, 3.05) is 13.4 Å². The van der Waals surface area contributed by atoms with E-state index in [-0.39, 0.29) is 5.84 Å². The molecule has 0 aliphatic rings. The summed E-state index contributed by atoms with van der Waals surface area (Å²) < 4.78 is 6.41. The molecule has 2 aromatic heterocycles. The van der Waals surface area contributed by atoms with Crippen LogP contribution in [0, 0.1) is 5.41 Å². The largest absolute Gasteiger partial charge is 0.497 e. The Morgan fingerprint density at radius 1 is 1.38 bits per heavy atom. The van der Waals surface area contributed by atoms with Gasteiger partial charge >= 0.3 is 0 Å². The standard InChI is InChI=1S/C17H17N3OS3/c1-21-12-5-3-4-10(7-12)6-11-9-23-16(20-11)13-8-14(15(18)19)24-17(13)22-2/h3-5,7-9H,6H2,1-2H3,(H3,18,19). The summed E-state index contributed by atoms with van der Waals surface area (Å²) in [6, 6.07) is 10.0. The molecular formula is C17H17N3OS3. The van der Waals surface area contributed by atoms with Crippen molar-refractivity contribution in [3.63, 3.8) is 0 Å². The van der Waals surface area contributed by atoms with Crippen LogP contribution in [0.2, 0.25) is 0 Å². The number of thiophene rings is 1. The predicted octanol–water partition coefficient (Wildman–Crippen LogP) is 4.48. The number of thiazole rings is 1. The number of benzene rings is 1. The van der Waals surface area contributed by atoms with E-state index in [4.69, 9.17) is 20.9 Å². The molecule has 0 aliphatic heterocycles. The Morgan fingerprint density at radius 2 is 2.21 bits per heavy atom. The maximum Gasteiger partial charge on any atom is 0.133 e. The number of aromatic nitrogens is 1. The molecule has 0 saturated heterocycles. The zero-order chi connectivity index (χ0) is 17.1. The van der Waals surface area contributed by atoms with E-state index < -0.39 is 0 Å². The molecule has 124 valence electrons. The Hall–Kier alpha value is -1.83. The SMILES string of the molecule is COc1cccc(Cc2csc(-c3cc(C(=N)N)sc3SC)n2)c1. The van der Waals surface area contributed by atoms with E-state index in [1.165, 1.54) is 5.56 Å². The van der Waals surface area contributed by atoms with Crippen LogP contribution in [0.4, 0.5) is 0 Å². The summed E-state index contributed by atoms with van der Waals surface area (Å²) in [5.74, 6) is 0.964. The van der Waals surface area contributed by atoms with Crippen LogP contribution >= 0.6 is 34.4 Å². The summed E-state index contributed by atoms with van der Waals surface area (Å²) in [4.78, 5) is 5.56. The summed E-state index contributed by atoms with van der Waals surface area (Å²) in [5.41, 5.74) is 8.89. The highest BCUT2D eigenvalue weighted by Crippen LogP contribution is 2.39. The third-order valence-corrected chi connectivity index (χ3v) is 6.68. The minimum atomic E-state index is 0.106. The number of methoxy groups -OCH3 is 1. The van der Waals surface area contributed by atoms with Crippen LogP contribution in [0.25, 0.3) is 10.6 Å². The van der Waals surface area contributed by atoms with E-state index in [1.54, 1.807) is 41.5 Å². The molecule has 0 radical (unpaired) electrons. The van der Waals surface area contributed by atoms with Gasteiger partial charge in [-0.2, -0.15) is 0 Å². The average Bonchev–Trinajstić information content (AvgIpc) is 3.21. The first-order chi connectivity index (χ1) is 11.6. The third-order valence-electron chi connectivity index (χ3n) is 3.45. The van der Waals surface area contributed by atoms with E-state index in [1.807, 2.05) is 30.5 Å². The molecule has 0 bridgehead atoms. The van der Waals surface area contributed by atoms with Crippen molar-refractivity contribution in [3.05, 3.63) is 51.8 Å². The number of amidine groups is 1. The molecule has 24 heavy (non-hydrogen) atoms. The predicted molar refractivity (Wildman–Crippen MR) is 104 cm³/mol. The number of nitrogen functional groups attached to an aromatic ring is 1. The van der Waals surface area contributed by atoms with Gasteiger partial charge in [0.05, 0.1) is 21.9 Å². The maximum atomic E-state index is 7.63. The summed E-state index contributed by atoms with van der Waals surface area (Å²) >= 11 is 4.83. The first-order valence-electron chi connectivity index (χ1n) is 7.20. The van der Waals surface area contributed by atoms with Gasteiger partial charge in [-0.05, 0) is 30.0 Å². The van der Waals surface area contributed by atoms with Crippen LogP contribution in [0.3, 0.4) is 0 Å². The number of ether oxygens (including phenoxy) is 1. The normalized spacial score (nSPS) is 10.8. The lowest BCUT2D eigenvalue weighted by atomic mass is 10.1. The van der Waals surface area contributed by atoms with Gasteiger partial charge in [0.1, 0.15) is 16.6 Å². The molecule has 3 N–H and O–H groups in total. The zero-order valence-electron chi connectivity index (χ0n) is 13.3. The second kappa shape index (κ2) is 7.38. The summed E-state index contributed by atoms with van der Waals surface area (Å²) in [5, 5.41) is 10.7. The molecule has 3 rings (SSSR count). The topological polar surface area (TPSA) is 72.0 Å². The van der Waals surface area contributed by atoms with Crippen molar-refractivity contribution >= 4 is 40.3 Å². The van der Waals surface area contributed by atoms with E-state index in [2.05, 4.69) is 11.4 Å². The van der Waals surface area contributed by atoms with Gasteiger partial charge in [0.25, 0.3) is 0 Å². The fourth-order valence-electron chi connectivity index (χ4n) is 2.31. The first-order valence-corrected chi connectivity index (χ1v) is 10.1. The minimum absolute atomic E-state index is 0.106. The molecule has 0 amide bonds. The van der Waals surface area contributed by atoms with E-state index in [0.29, 0.717) is 0 Å². The van der Waals surface area contributed by atoms with Gasteiger partial charge in [-0.15, -0.1) is 34.4 Å². The minimum Gasteiger partial charge on any atom is -0.497 e. The highest BCUT2D eigenvalue weighted by molar-refractivity contribution is 8.00. The Bertz CT molecular complexity index is 870. The van der Waals surface area contributed by atoms with Crippen molar-refractivity contribution in [2.24, 2.45) is 5.73 Å². The van der Waals surface area contributed by atoms with E-state index in [9.17, 15) is 0 Å². The van der Waals surface area contributed by atoms with Crippen LogP contribution in [0.1, 0.15) is 16.1 Å². The molecule has 3 aromatic rings. The van der Waals surface area contributed by atoms with Crippen LogP contribution in [-0.4, -0.2) is 24.2 Å². The number of thioether (sulfide) groups is 1. The number of nitrogens with one attached hydrogen (secondary N) is 1. The number of hydrogen-bond donors (Lipinski definition) is 2. The van der Waals surface area contributed by atoms with Crippen LogP contribution in [0.15, 0.2) is 39.9 Å². The number of rotatable bonds is 6. The fraction of sp³-hybridized carbons (Fsp3) is 0.176. The third kappa shape index (κ3) is 3.63. The van der Waals surface area contributed by atoms with Gasteiger partial charge in [0.2, 0.25) is 0 Å². The molecule has 0 saturated carbocycles. The summed E-state index contributed by atoms with van der Waals surface area (Å²) in [7, 11) is 1.67. The molecule has 0 unspecified atom stereocenters. The van der Waals surface area contributed by atoms with Crippen molar-refractivity contribution in [3.8, 4) is 16.3 Å². The zero-order valence-corrected chi connectivity index (χ0v) is 15.8. The number of hydrogen-bond acceptors (Lipinski definition) is 6. The van der Waals surface area contributed by atoms with Crippen LogP contribution in [-0.2, 0) is 6.42 Å². The van der Waals surface area contributed by atoms with Crippen molar-refractivity contribution in [2.45, 2.75) is 10.6 Å². The molecule has 0 atom stereocenters. The molecule has 0 spiro atoms. The molecule has 0 aliphatic carbocycles. The highest BCUT2D eigenvalue weighted by Gasteiger charge is 2.15. The fourth-order valence-corrected chi connectivity index (χ4v) is 5.01. The Balaban J connectivity index is 1.86. The monoisotopic (exact) mass is 375 g/mol. The van der Waals surface area contributed by atoms with Gasteiger partial charge in [-0.3, -0.25) is 5.41 Å². The summed E-state index contributed by atoms with van der Waals surface area (Å²) in [6.07, 6.45) is 2.80. The lowest BCUT2D eigenvalue weighted by Crippen LogP contribution is -2.08. The second-order valence-corrected chi connectivity index (χ2v) is 8.09. The Labute approximate surface area is 153 Å². The average molecular weight is 376 g/mol. The summed E-state index contributed by atoms with van der Waals surface area (Å²) in [6.45, 7) is 0. The second-order valence-electron chi connectivity index (χ2n) is 5.10. The Kier molecular flexibility index (Phi) is 5.23. The van der Waals surface area contributed by atoms with E-state index in [0.717, 1.165) is 37.5 Å². The lowest BCUT2D eigenvalue weighted by Gasteiger charge is -2.02. The number of nitrogens with zero attached hydrogens (tertiary/aromatic N) is 1. The van der Waals surface area contributed by atoms with Crippen molar-refractivity contribution < 1.29 is 4.74 Å². The maximum absolute atomic E-state index is 7.63. The van der Waals surface area contributed by atoms with E-state index >= 15 is 0 Å². The molecule has 0 fully saturated rings. The molecular weight excluding hydrogens is 358 g/mol. The van der Waals surface area contributed by atoms with Gasteiger partial charge in [-0.1, -0.05) is 12.1 Å².